The lowest BCUT2D eigenvalue weighted by Gasteiger charge is -2.11. The van der Waals surface area contributed by atoms with E-state index in [1.807, 2.05) is 0 Å². The lowest BCUT2D eigenvalue weighted by molar-refractivity contribution is -0.697. The molecule has 0 amide bonds. The van der Waals surface area contributed by atoms with Gasteiger partial charge in [-0.2, -0.15) is 0 Å². The lowest BCUT2D eigenvalue weighted by Crippen LogP contribution is -2.32. The van der Waals surface area contributed by atoms with Crippen molar-refractivity contribution in [2.75, 3.05) is 30.5 Å². The van der Waals surface area contributed by atoms with Crippen LogP contribution in [-0.4, -0.2) is 25.6 Å². The second-order valence-corrected chi connectivity index (χ2v) is 13.5. The Hall–Kier alpha value is -1.39. The molecule has 1 aromatic carbocycles. The summed E-state index contributed by atoms with van der Waals surface area (Å²) < 4.78 is 2.33. The Balaban J connectivity index is 1.38. The van der Waals surface area contributed by atoms with Crippen molar-refractivity contribution in [2.45, 2.75) is 110 Å². The number of aryl methyl sites for hydroxylation is 1. The zero-order valence-electron chi connectivity index (χ0n) is 24.7. The second kappa shape index (κ2) is 22.4. The molecule has 0 aliphatic heterocycles. The van der Waals surface area contributed by atoms with Crippen LogP contribution in [-0.2, 0) is 6.54 Å². The van der Waals surface area contributed by atoms with Crippen molar-refractivity contribution in [3.63, 3.8) is 0 Å². The minimum absolute atomic E-state index is 1.13. The standard InChI is InChI=1S/C34H55N2S2/c1-4-5-6-7-14-17-30-37-38-31-18-15-12-10-8-9-11-13-16-27-36-28-25-33(26-29-36)20-19-32-21-23-34(24-22-32)35(2)3/h19-26,28-29H,4-18,27,30-31H2,1-3H3/q+1. The lowest BCUT2D eigenvalue weighted by atomic mass is 10.1. The first-order chi connectivity index (χ1) is 18.7. The summed E-state index contributed by atoms with van der Waals surface area (Å²) in [6, 6.07) is 13.1. The Labute approximate surface area is 243 Å². The van der Waals surface area contributed by atoms with Gasteiger partial charge >= 0.3 is 0 Å². The Morgan fingerprint density at radius 1 is 0.579 bits per heavy atom. The summed E-state index contributed by atoms with van der Waals surface area (Å²) in [5.41, 5.74) is 3.72. The first-order valence-corrected chi connectivity index (χ1v) is 17.9. The average molecular weight is 556 g/mol. The third-order valence-corrected chi connectivity index (χ3v) is 9.68. The van der Waals surface area contributed by atoms with Crippen LogP contribution < -0.4 is 9.47 Å². The van der Waals surface area contributed by atoms with E-state index in [9.17, 15) is 0 Å². The highest BCUT2D eigenvalue weighted by atomic mass is 33.1. The summed E-state index contributed by atoms with van der Waals surface area (Å²) in [5.74, 6) is 2.70. The molecule has 1 heterocycles. The van der Waals surface area contributed by atoms with Gasteiger partial charge in [-0.3, -0.25) is 0 Å². The van der Waals surface area contributed by atoms with Crippen molar-refractivity contribution in [3.05, 3.63) is 59.9 Å². The molecule has 0 radical (unpaired) electrons. The van der Waals surface area contributed by atoms with Crippen molar-refractivity contribution in [2.24, 2.45) is 0 Å². The smallest absolute Gasteiger partial charge is 0.169 e. The van der Waals surface area contributed by atoms with E-state index in [1.54, 1.807) is 0 Å². The van der Waals surface area contributed by atoms with E-state index in [2.05, 4.69) is 113 Å². The number of benzene rings is 1. The van der Waals surface area contributed by atoms with Gasteiger partial charge in [0.1, 0.15) is 6.54 Å². The number of hydrogen-bond donors (Lipinski definition) is 0. The van der Waals surface area contributed by atoms with Crippen LogP contribution in [0.15, 0.2) is 48.8 Å². The SMILES string of the molecule is CCCCCCCCSSCCCCCCCCCCC[n+]1ccc(/C=C/c2ccc(N(C)C)cc2)cc1. The van der Waals surface area contributed by atoms with Gasteiger partial charge in [0.25, 0.3) is 0 Å². The molecule has 212 valence electrons. The van der Waals surface area contributed by atoms with Crippen LogP contribution in [0.5, 0.6) is 0 Å². The molecule has 0 spiro atoms. The number of nitrogens with zero attached hydrogens (tertiary/aromatic N) is 2. The highest BCUT2D eigenvalue weighted by Crippen LogP contribution is 2.25. The summed E-state index contributed by atoms with van der Waals surface area (Å²) in [6.45, 7) is 3.42. The normalized spacial score (nSPS) is 11.4. The number of pyridine rings is 1. The largest absolute Gasteiger partial charge is 0.378 e. The number of unbranched alkanes of at least 4 members (excludes halogenated alkanes) is 13. The highest BCUT2D eigenvalue weighted by Gasteiger charge is 2.01. The molecule has 0 N–H and O–H groups in total. The Morgan fingerprint density at radius 2 is 1.03 bits per heavy atom. The van der Waals surface area contributed by atoms with E-state index in [1.165, 1.54) is 125 Å². The number of hydrogen-bond acceptors (Lipinski definition) is 3. The predicted molar refractivity (Wildman–Crippen MR) is 176 cm³/mol. The monoisotopic (exact) mass is 555 g/mol. The molecule has 0 aliphatic rings. The maximum absolute atomic E-state index is 2.33. The second-order valence-electron chi connectivity index (χ2n) is 10.8. The number of anilines is 1. The average Bonchev–Trinajstić information content (AvgIpc) is 2.94. The summed E-state index contributed by atoms with van der Waals surface area (Å²) in [4.78, 5) is 2.13. The molecule has 38 heavy (non-hydrogen) atoms. The van der Waals surface area contributed by atoms with E-state index >= 15 is 0 Å². The minimum atomic E-state index is 1.13. The van der Waals surface area contributed by atoms with E-state index in [0.29, 0.717) is 0 Å². The van der Waals surface area contributed by atoms with Crippen molar-refractivity contribution < 1.29 is 4.57 Å². The van der Waals surface area contributed by atoms with E-state index < -0.39 is 0 Å². The van der Waals surface area contributed by atoms with Crippen LogP contribution in [0.4, 0.5) is 5.69 Å². The van der Waals surface area contributed by atoms with Crippen molar-refractivity contribution in [3.8, 4) is 0 Å². The molecule has 0 fully saturated rings. The molecular formula is C34H55N2S2+. The van der Waals surface area contributed by atoms with Gasteiger partial charge in [0, 0.05) is 49.8 Å². The van der Waals surface area contributed by atoms with Gasteiger partial charge in [-0.25, -0.2) is 4.57 Å². The number of aromatic nitrogens is 1. The maximum atomic E-state index is 2.33. The molecule has 0 atom stereocenters. The van der Waals surface area contributed by atoms with Crippen molar-refractivity contribution >= 4 is 39.4 Å². The highest BCUT2D eigenvalue weighted by molar-refractivity contribution is 8.76. The topological polar surface area (TPSA) is 7.12 Å². The summed E-state index contributed by atoms with van der Waals surface area (Å²) in [7, 11) is 8.37. The minimum Gasteiger partial charge on any atom is -0.378 e. The zero-order chi connectivity index (χ0) is 27.1. The van der Waals surface area contributed by atoms with Crippen LogP contribution in [0.1, 0.15) is 114 Å². The first-order valence-electron chi connectivity index (χ1n) is 15.4. The fourth-order valence-electron chi connectivity index (χ4n) is 4.56. The van der Waals surface area contributed by atoms with E-state index in [0.717, 1.165) is 6.54 Å². The molecule has 2 nitrogen and oxygen atoms in total. The fraction of sp³-hybridized carbons (Fsp3) is 0.618. The molecule has 2 rings (SSSR count). The van der Waals surface area contributed by atoms with Gasteiger partial charge in [0.2, 0.25) is 0 Å². The predicted octanol–water partition coefficient (Wildman–Crippen LogP) is 10.5. The van der Waals surface area contributed by atoms with Gasteiger partial charge < -0.3 is 4.90 Å². The quantitative estimate of drug-likeness (QED) is 0.0765. The van der Waals surface area contributed by atoms with E-state index in [4.69, 9.17) is 0 Å². The van der Waals surface area contributed by atoms with Gasteiger partial charge in [-0.1, -0.05) is 123 Å². The molecule has 0 bridgehead atoms. The Morgan fingerprint density at radius 3 is 1.53 bits per heavy atom. The molecule has 2 aromatic rings. The van der Waals surface area contributed by atoms with Crippen LogP contribution in [0.25, 0.3) is 12.2 Å². The van der Waals surface area contributed by atoms with E-state index in [-0.39, 0.29) is 0 Å². The molecule has 0 saturated carbocycles. The van der Waals surface area contributed by atoms with Crippen LogP contribution in [0, 0.1) is 0 Å². The van der Waals surface area contributed by atoms with Crippen LogP contribution in [0.2, 0.25) is 0 Å². The Bertz CT molecular complexity index is 831. The van der Waals surface area contributed by atoms with Crippen molar-refractivity contribution in [1.82, 2.24) is 0 Å². The van der Waals surface area contributed by atoms with Crippen LogP contribution >= 0.6 is 21.6 Å². The maximum Gasteiger partial charge on any atom is 0.169 e. The molecule has 0 unspecified atom stereocenters. The summed E-state index contributed by atoms with van der Waals surface area (Å²) in [6.07, 6.45) is 29.9. The zero-order valence-corrected chi connectivity index (χ0v) is 26.3. The van der Waals surface area contributed by atoms with Crippen LogP contribution in [0.3, 0.4) is 0 Å². The molecular weight excluding hydrogens is 501 g/mol. The third kappa shape index (κ3) is 16.5. The Kier molecular flexibility index (Phi) is 19.4. The van der Waals surface area contributed by atoms with Gasteiger partial charge in [-0.15, -0.1) is 0 Å². The molecule has 4 heteroatoms. The summed E-state index contributed by atoms with van der Waals surface area (Å²) in [5, 5.41) is 0. The summed E-state index contributed by atoms with van der Waals surface area (Å²) >= 11 is 0. The third-order valence-electron chi connectivity index (χ3n) is 7.10. The molecule has 1 aromatic heterocycles. The number of rotatable bonds is 23. The molecule has 0 saturated heterocycles. The fourth-order valence-corrected chi connectivity index (χ4v) is 6.85. The van der Waals surface area contributed by atoms with Crippen molar-refractivity contribution in [1.29, 1.82) is 0 Å². The van der Waals surface area contributed by atoms with Gasteiger partial charge in [0.05, 0.1) is 0 Å². The molecule has 0 aliphatic carbocycles. The first kappa shape index (κ1) is 32.8. The van der Waals surface area contributed by atoms with Gasteiger partial charge in [0.15, 0.2) is 12.4 Å². The van der Waals surface area contributed by atoms with Gasteiger partial charge in [-0.05, 0) is 42.5 Å².